The van der Waals surface area contributed by atoms with Crippen molar-refractivity contribution in [3.05, 3.63) is 63.7 Å². The molecule has 10 nitrogen and oxygen atoms in total. The molecule has 0 aliphatic carbocycles. The number of thiocarbonyl (C=S) groups is 1. The van der Waals surface area contributed by atoms with Crippen molar-refractivity contribution in [3.8, 4) is 11.5 Å². The zero-order valence-electron chi connectivity index (χ0n) is 15.7. The Labute approximate surface area is 186 Å². The van der Waals surface area contributed by atoms with Crippen molar-refractivity contribution in [2.45, 2.75) is 30.7 Å². The summed E-state index contributed by atoms with van der Waals surface area (Å²) in [4.78, 5) is 10.1. The Kier molecular flexibility index (Phi) is 7.59. The predicted octanol–water partition coefficient (Wildman–Crippen LogP) is 1.82. The molecule has 1 aliphatic rings. The molecule has 0 spiro atoms. The summed E-state index contributed by atoms with van der Waals surface area (Å²) in [7, 11) is 0. The lowest BCUT2D eigenvalue weighted by Crippen LogP contribution is -2.61. The number of ether oxygens (including phenoxy) is 4. The minimum Gasteiger partial charge on any atom is -0.462 e. The van der Waals surface area contributed by atoms with Crippen LogP contribution in [0.1, 0.15) is 0 Å². The molecule has 31 heavy (non-hydrogen) atoms. The average Bonchev–Trinajstić information content (AvgIpc) is 2.75. The van der Waals surface area contributed by atoms with Crippen LogP contribution in [-0.2, 0) is 9.47 Å². The van der Waals surface area contributed by atoms with E-state index in [1.807, 2.05) is 0 Å². The van der Waals surface area contributed by atoms with Crippen LogP contribution in [0.25, 0.3) is 0 Å². The highest BCUT2D eigenvalue weighted by Crippen LogP contribution is 2.27. The molecule has 1 heterocycles. The van der Waals surface area contributed by atoms with Crippen LogP contribution >= 0.6 is 23.8 Å². The lowest BCUT2D eigenvalue weighted by Gasteiger charge is -2.41. The first-order valence-corrected chi connectivity index (χ1v) is 9.74. The summed E-state index contributed by atoms with van der Waals surface area (Å²) in [5.41, 5.74) is -0.137. The monoisotopic (exact) mass is 471 g/mol. The summed E-state index contributed by atoms with van der Waals surface area (Å²) >= 11 is 10.8. The van der Waals surface area contributed by atoms with Gasteiger partial charge < -0.3 is 34.3 Å². The largest absolute Gasteiger partial charge is 0.462 e. The maximum Gasteiger partial charge on any atom is 0.358 e. The third-order valence-corrected chi connectivity index (χ3v) is 4.80. The van der Waals surface area contributed by atoms with Crippen molar-refractivity contribution in [2.24, 2.45) is 0 Å². The second-order valence-electron chi connectivity index (χ2n) is 6.46. The summed E-state index contributed by atoms with van der Waals surface area (Å²) < 4.78 is 21.7. The molecule has 1 saturated heterocycles. The van der Waals surface area contributed by atoms with E-state index in [-0.39, 0.29) is 11.4 Å². The number of aliphatic hydroxyl groups excluding tert-OH is 3. The highest BCUT2D eigenvalue weighted by atomic mass is 35.5. The van der Waals surface area contributed by atoms with Gasteiger partial charge in [0.2, 0.25) is 6.29 Å². The molecule has 1 aliphatic heterocycles. The van der Waals surface area contributed by atoms with E-state index >= 15 is 0 Å². The Morgan fingerprint density at radius 1 is 1.10 bits per heavy atom. The number of halogens is 1. The van der Waals surface area contributed by atoms with Crippen LogP contribution in [0.2, 0.25) is 5.02 Å². The Bertz CT molecular complexity index is 912. The first kappa shape index (κ1) is 23.1. The van der Waals surface area contributed by atoms with Crippen LogP contribution in [0.3, 0.4) is 0 Å². The highest BCUT2D eigenvalue weighted by Gasteiger charge is 2.47. The van der Waals surface area contributed by atoms with Crippen molar-refractivity contribution >= 4 is 34.7 Å². The Morgan fingerprint density at radius 3 is 2.29 bits per heavy atom. The number of non-ortho nitro benzene ring substituents is 1. The third-order valence-electron chi connectivity index (χ3n) is 4.37. The number of nitro groups is 1. The third kappa shape index (κ3) is 5.79. The lowest BCUT2D eigenvalue weighted by molar-refractivity contribution is -0.384. The van der Waals surface area contributed by atoms with Crippen molar-refractivity contribution in [3.63, 3.8) is 0 Å². The molecule has 2 aromatic carbocycles. The van der Waals surface area contributed by atoms with Gasteiger partial charge in [0.05, 0.1) is 11.5 Å². The molecule has 0 unspecified atom stereocenters. The van der Waals surface area contributed by atoms with Crippen LogP contribution in [0.5, 0.6) is 11.5 Å². The molecule has 3 N–H and O–H groups in total. The molecule has 3 rings (SSSR count). The Hall–Kier alpha value is -2.54. The summed E-state index contributed by atoms with van der Waals surface area (Å²) in [6, 6.07) is 11.3. The molecule has 2 aromatic rings. The SMILES string of the molecule is O=[N+]([O-])c1ccc(OC(=S)O[C@H]2[C@@H](O)[C@@H](CO)O[C@@H](Oc3ccc(Cl)cc3)[C@@H]2O)cc1. The molecule has 0 bridgehead atoms. The summed E-state index contributed by atoms with van der Waals surface area (Å²) in [6.07, 6.45) is -6.74. The molecule has 166 valence electrons. The van der Waals surface area contributed by atoms with Gasteiger partial charge >= 0.3 is 5.24 Å². The van der Waals surface area contributed by atoms with Crippen molar-refractivity contribution in [1.82, 2.24) is 0 Å². The van der Waals surface area contributed by atoms with Crippen LogP contribution in [-0.4, -0.2) is 62.8 Å². The van der Waals surface area contributed by atoms with E-state index in [1.54, 1.807) is 24.3 Å². The fraction of sp³-hybridized carbons (Fsp3) is 0.316. The number of hydrogen-bond acceptors (Lipinski definition) is 10. The molecule has 12 heteroatoms. The number of aliphatic hydroxyl groups is 3. The van der Waals surface area contributed by atoms with Gasteiger partial charge in [-0.2, -0.15) is 0 Å². The first-order valence-electron chi connectivity index (χ1n) is 8.96. The zero-order valence-corrected chi connectivity index (χ0v) is 17.3. The fourth-order valence-electron chi connectivity index (χ4n) is 2.80. The molecule has 0 amide bonds. The second kappa shape index (κ2) is 10.2. The van der Waals surface area contributed by atoms with E-state index in [9.17, 15) is 25.4 Å². The summed E-state index contributed by atoms with van der Waals surface area (Å²) in [6.45, 7) is -0.579. The van der Waals surface area contributed by atoms with Crippen LogP contribution < -0.4 is 9.47 Å². The van der Waals surface area contributed by atoms with Crippen LogP contribution in [0.4, 0.5) is 5.69 Å². The zero-order chi connectivity index (χ0) is 22.5. The predicted molar refractivity (Wildman–Crippen MR) is 111 cm³/mol. The average molecular weight is 472 g/mol. The van der Waals surface area contributed by atoms with Gasteiger partial charge in [0.15, 0.2) is 12.2 Å². The maximum atomic E-state index is 10.7. The van der Waals surface area contributed by atoms with Gasteiger partial charge in [0.1, 0.15) is 23.7 Å². The van der Waals surface area contributed by atoms with Crippen LogP contribution in [0, 0.1) is 10.1 Å². The van der Waals surface area contributed by atoms with Gasteiger partial charge in [-0.05, 0) is 36.4 Å². The van der Waals surface area contributed by atoms with Gasteiger partial charge in [0, 0.05) is 29.4 Å². The fourth-order valence-corrected chi connectivity index (χ4v) is 3.14. The van der Waals surface area contributed by atoms with Crippen molar-refractivity contribution in [1.29, 1.82) is 0 Å². The van der Waals surface area contributed by atoms with Gasteiger partial charge in [-0.1, -0.05) is 11.6 Å². The molecular weight excluding hydrogens is 454 g/mol. The second-order valence-corrected chi connectivity index (χ2v) is 7.23. The van der Waals surface area contributed by atoms with Gasteiger partial charge in [-0.15, -0.1) is 0 Å². The molecule has 0 saturated carbocycles. The first-order chi connectivity index (χ1) is 14.8. The normalized spacial score (nSPS) is 25.5. The number of hydrogen-bond donors (Lipinski definition) is 3. The van der Waals surface area contributed by atoms with Gasteiger partial charge in [-0.25, -0.2) is 0 Å². The molecule has 1 fully saturated rings. The maximum absolute atomic E-state index is 10.7. The Morgan fingerprint density at radius 2 is 1.71 bits per heavy atom. The van der Waals surface area contributed by atoms with Crippen molar-refractivity contribution < 1.29 is 39.2 Å². The quantitative estimate of drug-likeness (QED) is 0.324. The topological polar surface area (TPSA) is 141 Å². The number of benzene rings is 2. The summed E-state index contributed by atoms with van der Waals surface area (Å²) in [5.74, 6) is 0.476. The summed E-state index contributed by atoms with van der Waals surface area (Å²) in [5, 5.41) is 41.3. The number of rotatable bonds is 6. The van der Waals surface area contributed by atoms with E-state index in [2.05, 4.69) is 0 Å². The van der Waals surface area contributed by atoms with E-state index in [0.29, 0.717) is 10.8 Å². The van der Waals surface area contributed by atoms with E-state index in [0.717, 1.165) is 0 Å². The highest BCUT2D eigenvalue weighted by molar-refractivity contribution is 7.79. The molecule has 5 atom stereocenters. The van der Waals surface area contributed by atoms with E-state index < -0.39 is 47.5 Å². The standard InChI is InChI=1S/C19H18ClNO9S/c20-10-1-5-12(6-2-10)27-18-16(24)17(15(23)14(9-22)29-18)30-19(31)28-13-7-3-11(4-8-13)21(25)26/h1-8,14-18,22-24H,9H2/t14-,15+,16-,17+,18-/m1/s1. The van der Waals surface area contributed by atoms with Gasteiger partial charge in [0.25, 0.3) is 5.69 Å². The number of nitrogens with zero attached hydrogens (tertiary/aromatic N) is 1. The minimum atomic E-state index is -1.51. The van der Waals surface area contributed by atoms with Gasteiger partial charge in [-0.3, -0.25) is 10.1 Å². The smallest absolute Gasteiger partial charge is 0.358 e. The van der Waals surface area contributed by atoms with Crippen molar-refractivity contribution in [2.75, 3.05) is 6.61 Å². The lowest BCUT2D eigenvalue weighted by atomic mass is 9.99. The van der Waals surface area contributed by atoms with E-state index in [4.69, 9.17) is 42.8 Å². The van der Waals surface area contributed by atoms with E-state index in [1.165, 1.54) is 24.3 Å². The number of nitro benzene ring substituents is 1. The minimum absolute atomic E-state index is 0.137. The molecular formula is C19H18ClNO9S. The molecule has 0 radical (unpaired) electrons. The van der Waals surface area contributed by atoms with Crippen LogP contribution in [0.15, 0.2) is 48.5 Å². The Balaban J connectivity index is 1.68. The molecule has 0 aromatic heterocycles.